The largest absolute Gasteiger partial charge is 0.480 e. The normalized spacial score (nSPS) is 27.6. The number of likely N-dealkylation sites (tertiary alicyclic amines) is 1. The van der Waals surface area contributed by atoms with E-state index in [1.807, 2.05) is 0 Å². The van der Waals surface area contributed by atoms with Crippen LogP contribution in [0.25, 0.3) is 0 Å². The van der Waals surface area contributed by atoms with Crippen molar-refractivity contribution in [1.82, 2.24) is 9.80 Å². The van der Waals surface area contributed by atoms with Crippen LogP contribution in [0.3, 0.4) is 0 Å². The first kappa shape index (κ1) is 15.1. The Labute approximate surface area is 118 Å². The minimum absolute atomic E-state index is 0.0912. The molecule has 2 saturated heterocycles. The van der Waals surface area contributed by atoms with Gasteiger partial charge in [0.15, 0.2) is 0 Å². The number of aliphatic hydroxyl groups excluding tert-OH is 1. The molecule has 114 valence electrons. The van der Waals surface area contributed by atoms with Crippen LogP contribution in [0.15, 0.2) is 0 Å². The molecule has 0 unspecified atom stereocenters. The van der Waals surface area contributed by atoms with Crippen molar-refractivity contribution in [3.8, 4) is 0 Å². The molecule has 0 aromatic carbocycles. The summed E-state index contributed by atoms with van der Waals surface area (Å²) in [7, 11) is 1.68. The monoisotopic (exact) mass is 286 g/mol. The number of nitrogens with zero attached hydrogens (tertiary/aromatic N) is 2. The van der Waals surface area contributed by atoms with Gasteiger partial charge in [-0.05, 0) is 18.8 Å². The van der Waals surface area contributed by atoms with Gasteiger partial charge < -0.3 is 24.7 Å². The maximum Gasteiger partial charge on any atom is 0.326 e. The van der Waals surface area contributed by atoms with Crippen molar-refractivity contribution < 1.29 is 24.5 Å². The van der Waals surface area contributed by atoms with Crippen LogP contribution in [0.4, 0.5) is 4.79 Å². The number of aliphatic hydroxyl groups is 1. The molecule has 7 nitrogen and oxygen atoms in total. The summed E-state index contributed by atoms with van der Waals surface area (Å²) < 4.78 is 5.28. The van der Waals surface area contributed by atoms with Crippen LogP contribution in [-0.2, 0) is 9.53 Å². The smallest absolute Gasteiger partial charge is 0.326 e. The molecule has 2 atom stereocenters. The Morgan fingerprint density at radius 3 is 2.60 bits per heavy atom. The fraction of sp³-hybridized carbons (Fsp3) is 0.846. The number of carbonyl (C=O) groups excluding carboxylic acids is 1. The van der Waals surface area contributed by atoms with Crippen LogP contribution >= 0.6 is 0 Å². The van der Waals surface area contributed by atoms with E-state index in [4.69, 9.17) is 9.84 Å². The number of aliphatic carboxylic acids is 1. The van der Waals surface area contributed by atoms with E-state index in [2.05, 4.69) is 0 Å². The minimum Gasteiger partial charge on any atom is -0.480 e. The molecule has 0 aromatic heterocycles. The van der Waals surface area contributed by atoms with E-state index in [9.17, 15) is 14.7 Å². The molecular formula is C13H22N2O5. The molecule has 20 heavy (non-hydrogen) atoms. The second-order valence-electron chi connectivity index (χ2n) is 5.61. The van der Waals surface area contributed by atoms with Gasteiger partial charge in [0.05, 0.1) is 6.10 Å². The molecule has 0 bridgehead atoms. The summed E-state index contributed by atoms with van der Waals surface area (Å²) in [6.07, 6.45) is 1.19. The van der Waals surface area contributed by atoms with Gasteiger partial charge in [-0.3, -0.25) is 0 Å². The van der Waals surface area contributed by atoms with Crippen molar-refractivity contribution in [3.63, 3.8) is 0 Å². The van der Waals surface area contributed by atoms with Crippen LogP contribution in [-0.4, -0.2) is 77.5 Å². The molecule has 2 aliphatic rings. The van der Waals surface area contributed by atoms with Crippen LogP contribution < -0.4 is 0 Å². The van der Waals surface area contributed by atoms with Crippen LogP contribution in [0, 0.1) is 5.92 Å². The zero-order chi connectivity index (χ0) is 14.7. The van der Waals surface area contributed by atoms with Gasteiger partial charge in [-0.25, -0.2) is 9.59 Å². The fourth-order valence-corrected chi connectivity index (χ4v) is 2.87. The number of hydrogen-bond acceptors (Lipinski definition) is 4. The number of carbonyl (C=O) groups is 2. The van der Waals surface area contributed by atoms with Gasteiger partial charge in [0.25, 0.3) is 0 Å². The molecule has 0 spiro atoms. The van der Waals surface area contributed by atoms with Crippen molar-refractivity contribution in [2.45, 2.75) is 31.4 Å². The maximum absolute atomic E-state index is 12.3. The first-order valence-corrected chi connectivity index (χ1v) is 6.99. The van der Waals surface area contributed by atoms with Gasteiger partial charge in [-0.2, -0.15) is 0 Å². The summed E-state index contributed by atoms with van der Waals surface area (Å²) >= 11 is 0. The lowest BCUT2D eigenvalue weighted by molar-refractivity contribution is -0.141. The highest BCUT2D eigenvalue weighted by molar-refractivity contribution is 5.83. The van der Waals surface area contributed by atoms with E-state index in [-0.39, 0.29) is 19.0 Å². The number of urea groups is 1. The lowest BCUT2D eigenvalue weighted by Gasteiger charge is -2.31. The van der Waals surface area contributed by atoms with Crippen LogP contribution in [0.1, 0.15) is 19.3 Å². The molecule has 0 aliphatic carbocycles. The first-order chi connectivity index (χ1) is 9.49. The van der Waals surface area contributed by atoms with Crippen molar-refractivity contribution in [3.05, 3.63) is 0 Å². The summed E-state index contributed by atoms with van der Waals surface area (Å²) in [4.78, 5) is 26.3. The minimum atomic E-state index is -1.06. The Balaban J connectivity index is 1.93. The number of rotatable bonds is 3. The SMILES string of the molecule is CN(CC1CCOCC1)C(=O)N1C[C@H](O)C[C@H]1C(=O)O. The standard InChI is InChI=1S/C13H22N2O5/c1-14(7-9-2-4-20-5-3-9)13(19)15-8-10(16)6-11(15)12(17)18/h9-11,16H,2-8H2,1H3,(H,17,18)/t10-,11+/m1/s1. The van der Waals surface area contributed by atoms with Crippen LogP contribution in [0.5, 0.6) is 0 Å². The van der Waals surface area contributed by atoms with E-state index < -0.39 is 18.1 Å². The topological polar surface area (TPSA) is 90.3 Å². The number of β-amino-alcohol motifs (C(OH)–C–C–N with tert-alkyl or cyclic N) is 1. The molecule has 0 saturated carbocycles. The Bertz CT molecular complexity index is 370. The van der Waals surface area contributed by atoms with E-state index >= 15 is 0 Å². The van der Waals surface area contributed by atoms with Crippen molar-refractivity contribution in [2.24, 2.45) is 5.92 Å². The number of ether oxygens (including phenoxy) is 1. The molecule has 2 aliphatic heterocycles. The average molecular weight is 286 g/mol. The van der Waals surface area contributed by atoms with Gasteiger partial charge in [0.1, 0.15) is 6.04 Å². The van der Waals surface area contributed by atoms with Gasteiger partial charge in [-0.15, -0.1) is 0 Å². The third-order valence-electron chi connectivity index (χ3n) is 4.01. The molecule has 2 amide bonds. The summed E-state index contributed by atoms with van der Waals surface area (Å²) in [6.45, 7) is 2.12. The van der Waals surface area contributed by atoms with Crippen molar-refractivity contribution >= 4 is 12.0 Å². The molecule has 0 aromatic rings. The quantitative estimate of drug-likeness (QED) is 0.761. The van der Waals surface area contributed by atoms with E-state index in [1.165, 1.54) is 4.90 Å². The number of hydrogen-bond donors (Lipinski definition) is 2. The van der Waals surface area contributed by atoms with E-state index in [0.717, 1.165) is 12.8 Å². The Kier molecular flexibility index (Phi) is 4.82. The fourth-order valence-electron chi connectivity index (χ4n) is 2.87. The summed E-state index contributed by atoms with van der Waals surface area (Å²) in [6, 6.07) is -1.24. The zero-order valence-electron chi connectivity index (χ0n) is 11.7. The van der Waals surface area contributed by atoms with Gasteiger partial charge in [0, 0.05) is 39.8 Å². The molecule has 2 rings (SSSR count). The Morgan fingerprint density at radius 1 is 1.35 bits per heavy atom. The van der Waals surface area contributed by atoms with Gasteiger partial charge >= 0.3 is 12.0 Å². The van der Waals surface area contributed by atoms with E-state index in [0.29, 0.717) is 25.7 Å². The summed E-state index contributed by atoms with van der Waals surface area (Å²) in [5, 5.41) is 18.7. The molecular weight excluding hydrogens is 264 g/mol. The molecule has 2 N–H and O–H groups in total. The zero-order valence-corrected chi connectivity index (χ0v) is 11.7. The molecule has 0 radical (unpaired) electrons. The summed E-state index contributed by atoms with van der Waals surface area (Å²) in [5.74, 6) is -0.664. The van der Waals surface area contributed by atoms with E-state index in [1.54, 1.807) is 11.9 Å². The lowest BCUT2D eigenvalue weighted by atomic mass is 10.00. The number of amides is 2. The molecule has 2 heterocycles. The third kappa shape index (κ3) is 3.40. The predicted molar refractivity (Wildman–Crippen MR) is 70.3 cm³/mol. The second kappa shape index (κ2) is 6.41. The Hall–Kier alpha value is -1.34. The first-order valence-electron chi connectivity index (χ1n) is 6.99. The number of carboxylic acid groups (broad SMARTS) is 1. The lowest BCUT2D eigenvalue weighted by Crippen LogP contribution is -2.48. The van der Waals surface area contributed by atoms with Crippen LogP contribution in [0.2, 0.25) is 0 Å². The predicted octanol–water partition coefficient (Wildman–Crippen LogP) is -0.0154. The second-order valence-corrected chi connectivity index (χ2v) is 5.61. The summed E-state index contributed by atoms with van der Waals surface area (Å²) in [5.41, 5.74) is 0. The molecule has 2 fully saturated rings. The number of carboxylic acids is 1. The highest BCUT2D eigenvalue weighted by Crippen LogP contribution is 2.21. The highest BCUT2D eigenvalue weighted by Gasteiger charge is 2.40. The van der Waals surface area contributed by atoms with Crippen molar-refractivity contribution in [1.29, 1.82) is 0 Å². The van der Waals surface area contributed by atoms with Gasteiger partial charge in [-0.1, -0.05) is 0 Å². The van der Waals surface area contributed by atoms with Crippen molar-refractivity contribution in [2.75, 3.05) is 33.4 Å². The Morgan fingerprint density at radius 2 is 2.00 bits per heavy atom. The third-order valence-corrected chi connectivity index (χ3v) is 4.01. The van der Waals surface area contributed by atoms with Gasteiger partial charge in [0.2, 0.25) is 0 Å². The maximum atomic E-state index is 12.3. The highest BCUT2D eigenvalue weighted by atomic mass is 16.5. The molecule has 7 heteroatoms. The average Bonchev–Trinajstić information content (AvgIpc) is 2.81.